The third kappa shape index (κ3) is 4.91. The van der Waals surface area contributed by atoms with Gasteiger partial charge in [-0.05, 0) is 43.5 Å². The van der Waals surface area contributed by atoms with Crippen LogP contribution in [0.2, 0.25) is 5.02 Å². The molecular weight excluding hydrogens is 310 g/mol. The van der Waals surface area contributed by atoms with Crippen LogP contribution in [0.4, 0.5) is 0 Å². The summed E-state index contributed by atoms with van der Waals surface area (Å²) in [6.07, 6.45) is 4.83. The molecule has 1 nitrogen and oxygen atoms in total. The van der Waals surface area contributed by atoms with Crippen molar-refractivity contribution in [2.24, 2.45) is 5.92 Å². The molecule has 18 heavy (non-hydrogen) atoms. The van der Waals surface area contributed by atoms with Crippen molar-refractivity contribution >= 4 is 27.5 Å². The van der Waals surface area contributed by atoms with Gasteiger partial charge in [0.2, 0.25) is 0 Å². The summed E-state index contributed by atoms with van der Waals surface area (Å²) in [5, 5.41) is 4.28. The minimum atomic E-state index is 0.496. The summed E-state index contributed by atoms with van der Waals surface area (Å²) in [6, 6.07) is 6.64. The Kier molecular flexibility index (Phi) is 7.28. The summed E-state index contributed by atoms with van der Waals surface area (Å²) >= 11 is 9.72. The van der Waals surface area contributed by atoms with Crippen molar-refractivity contribution < 1.29 is 0 Å². The van der Waals surface area contributed by atoms with Crippen molar-refractivity contribution in [3.63, 3.8) is 0 Å². The predicted molar refractivity (Wildman–Crippen MR) is 84.4 cm³/mol. The van der Waals surface area contributed by atoms with E-state index in [0.717, 1.165) is 15.9 Å². The van der Waals surface area contributed by atoms with Crippen LogP contribution in [-0.2, 0) is 6.42 Å². The van der Waals surface area contributed by atoms with E-state index in [4.69, 9.17) is 11.6 Å². The van der Waals surface area contributed by atoms with Gasteiger partial charge in [0, 0.05) is 15.5 Å². The molecule has 0 saturated heterocycles. The molecule has 0 aromatic heterocycles. The van der Waals surface area contributed by atoms with Gasteiger partial charge in [0.25, 0.3) is 0 Å². The van der Waals surface area contributed by atoms with Crippen LogP contribution in [0.5, 0.6) is 0 Å². The van der Waals surface area contributed by atoms with E-state index >= 15 is 0 Å². The molecule has 0 amide bonds. The standard InChI is InChI=1S/C15H23BrClN/c1-4-5-6-11(2)15(18-3)9-12-7-8-13(16)10-14(12)17/h7-8,10-11,15,18H,4-6,9H2,1-3H3. The molecule has 0 aliphatic heterocycles. The Morgan fingerprint density at radius 3 is 2.67 bits per heavy atom. The van der Waals surface area contributed by atoms with Gasteiger partial charge in [0.15, 0.2) is 0 Å². The van der Waals surface area contributed by atoms with Crippen LogP contribution in [0.15, 0.2) is 22.7 Å². The Balaban J connectivity index is 2.67. The van der Waals surface area contributed by atoms with Gasteiger partial charge in [0.05, 0.1) is 0 Å². The molecule has 102 valence electrons. The van der Waals surface area contributed by atoms with Crippen LogP contribution in [0, 0.1) is 5.92 Å². The maximum atomic E-state index is 6.28. The third-order valence-electron chi connectivity index (χ3n) is 3.53. The molecule has 0 radical (unpaired) electrons. The Morgan fingerprint density at radius 1 is 1.39 bits per heavy atom. The quantitative estimate of drug-likeness (QED) is 0.736. The fourth-order valence-electron chi connectivity index (χ4n) is 2.24. The van der Waals surface area contributed by atoms with Crippen LogP contribution in [0.25, 0.3) is 0 Å². The molecule has 1 aromatic rings. The van der Waals surface area contributed by atoms with Gasteiger partial charge in [-0.15, -0.1) is 0 Å². The molecule has 2 unspecified atom stereocenters. The first-order valence-electron chi connectivity index (χ1n) is 6.69. The largest absolute Gasteiger partial charge is 0.316 e. The zero-order chi connectivity index (χ0) is 13.5. The lowest BCUT2D eigenvalue weighted by atomic mass is 9.91. The second-order valence-corrected chi connectivity index (χ2v) is 6.28. The fraction of sp³-hybridized carbons (Fsp3) is 0.600. The molecule has 1 N–H and O–H groups in total. The zero-order valence-electron chi connectivity index (χ0n) is 11.5. The summed E-state index contributed by atoms with van der Waals surface area (Å²) in [5.41, 5.74) is 1.22. The van der Waals surface area contributed by atoms with Gasteiger partial charge in [-0.1, -0.05) is 60.3 Å². The van der Waals surface area contributed by atoms with E-state index in [0.29, 0.717) is 12.0 Å². The average molecular weight is 333 g/mol. The van der Waals surface area contributed by atoms with E-state index in [1.807, 2.05) is 13.1 Å². The SMILES string of the molecule is CCCCC(C)C(Cc1ccc(Br)cc1Cl)NC. The summed E-state index contributed by atoms with van der Waals surface area (Å²) in [7, 11) is 2.04. The molecule has 0 spiro atoms. The minimum absolute atomic E-state index is 0.496. The maximum absolute atomic E-state index is 6.28. The fourth-order valence-corrected chi connectivity index (χ4v) is 2.99. The van der Waals surface area contributed by atoms with E-state index in [-0.39, 0.29) is 0 Å². The highest BCUT2D eigenvalue weighted by atomic mass is 79.9. The van der Waals surface area contributed by atoms with Gasteiger partial charge < -0.3 is 5.32 Å². The molecule has 0 fully saturated rings. The van der Waals surface area contributed by atoms with Crippen molar-refractivity contribution in [2.45, 2.75) is 45.6 Å². The predicted octanol–water partition coefficient (Wildman–Crippen LogP) is 5.06. The smallest absolute Gasteiger partial charge is 0.0449 e. The summed E-state index contributed by atoms with van der Waals surface area (Å²) < 4.78 is 1.04. The topological polar surface area (TPSA) is 12.0 Å². The van der Waals surface area contributed by atoms with E-state index in [9.17, 15) is 0 Å². The first-order valence-corrected chi connectivity index (χ1v) is 7.86. The monoisotopic (exact) mass is 331 g/mol. The van der Waals surface area contributed by atoms with Crippen LogP contribution < -0.4 is 5.32 Å². The normalized spacial score (nSPS) is 14.5. The lowest BCUT2D eigenvalue weighted by molar-refractivity contribution is 0.365. The number of halogens is 2. The van der Waals surface area contributed by atoms with Crippen LogP contribution >= 0.6 is 27.5 Å². The van der Waals surface area contributed by atoms with E-state index in [2.05, 4.69) is 47.2 Å². The number of unbranched alkanes of at least 4 members (excludes halogenated alkanes) is 1. The number of benzene rings is 1. The van der Waals surface area contributed by atoms with E-state index < -0.39 is 0 Å². The van der Waals surface area contributed by atoms with Crippen LogP contribution in [-0.4, -0.2) is 13.1 Å². The number of hydrogen-bond donors (Lipinski definition) is 1. The Labute approximate surface area is 124 Å². The highest BCUT2D eigenvalue weighted by Gasteiger charge is 2.16. The first kappa shape index (κ1) is 16.0. The molecule has 0 heterocycles. The molecular formula is C15H23BrClN. The second kappa shape index (κ2) is 8.19. The first-order chi connectivity index (χ1) is 8.58. The summed E-state index contributed by atoms with van der Waals surface area (Å²) in [4.78, 5) is 0. The van der Waals surface area contributed by atoms with E-state index in [1.165, 1.54) is 24.8 Å². The molecule has 0 saturated carbocycles. The maximum Gasteiger partial charge on any atom is 0.0449 e. The van der Waals surface area contributed by atoms with Crippen LogP contribution in [0.1, 0.15) is 38.7 Å². The minimum Gasteiger partial charge on any atom is -0.316 e. The highest BCUT2D eigenvalue weighted by Crippen LogP contribution is 2.24. The molecule has 0 aliphatic carbocycles. The molecule has 0 aliphatic rings. The number of likely N-dealkylation sites (N-methyl/N-ethyl adjacent to an activating group) is 1. The van der Waals surface area contributed by atoms with Crippen molar-refractivity contribution in [3.05, 3.63) is 33.3 Å². The van der Waals surface area contributed by atoms with Crippen molar-refractivity contribution in [1.82, 2.24) is 5.32 Å². The average Bonchev–Trinajstić information content (AvgIpc) is 2.35. The highest BCUT2D eigenvalue weighted by molar-refractivity contribution is 9.10. The third-order valence-corrected chi connectivity index (χ3v) is 4.37. The van der Waals surface area contributed by atoms with Gasteiger partial charge in [-0.2, -0.15) is 0 Å². The van der Waals surface area contributed by atoms with Gasteiger partial charge in [-0.25, -0.2) is 0 Å². The van der Waals surface area contributed by atoms with Gasteiger partial charge in [-0.3, -0.25) is 0 Å². The Bertz CT molecular complexity index is 368. The van der Waals surface area contributed by atoms with Gasteiger partial charge >= 0.3 is 0 Å². The molecule has 3 heteroatoms. The van der Waals surface area contributed by atoms with Crippen LogP contribution in [0.3, 0.4) is 0 Å². The molecule has 1 rings (SSSR count). The lowest BCUT2D eigenvalue weighted by Crippen LogP contribution is -2.34. The Hall–Kier alpha value is -0.0500. The summed E-state index contributed by atoms with van der Waals surface area (Å²) in [6.45, 7) is 4.57. The summed E-state index contributed by atoms with van der Waals surface area (Å²) in [5.74, 6) is 0.676. The number of nitrogens with one attached hydrogen (secondary N) is 1. The lowest BCUT2D eigenvalue weighted by Gasteiger charge is -2.24. The molecule has 1 aromatic carbocycles. The second-order valence-electron chi connectivity index (χ2n) is 4.95. The zero-order valence-corrected chi connectivity index (χ0v) is 13.8. The number of rotatable bonds is 7. The molecule has 2 atom stereocenters. The van der Waals surface area contributed by atoms with E-state index in [1.54, 1.807) is 0 Å². The van der Waals surface area contributed by atoms with Crippen molar-refractivity contribution in [2.75, 3.05) is 7.05 Å². The van der Waals surface area contributed by atoms with Crippen molar-refractivity contribution in [3.8, 4) is 0 Å². The van der Waals surface area contributed by atoms with Gasteiger partial charge in [0.1, 0.15) is 0 Å². The molecule has 0 bridgehead atoms. The Morgan fingerprint density at radius 2 is 2.11 bits per heavy atom. The number of hydrogen-bond acceptors (Lipinski definition) is 1. The van der Waals surface area contributed by atoms with Crippen molar-refractivity contribution in [1.29, 1.82) is 0 Å².